The molecule has 1 aliphatic heterocycles. The van der Waals surface area contributed by atoms with Crippen LogP contribution in [0, 0.1) is 0 Å². The summed E-state index contributed by atoms with van der Waals surface area (Å²) in [7, 11) is 3.04. The first-order valence-corrected chi connectivity index (χ1v) is 12.8. The first-order chi connectivity index (χ1) is 17.4. The van der Waals surface area contributed by atoms with Crippen LogP contribution >= 0.6 is 34.5 Å². The Bertz CT molecular complexity index is 1270. The Morgan fingerprint density at radius 2 is 1.92 bits per heavy atom. The van der Waals surface area contributed by atoms with E-state index in [-0.39, 0.29) is 22.6 Å². The summed E-state index contributed by atoms with van der Waals surface area (Å²) >= 11 is 13.5. The van der Waals surface area contributed by atoms with Gasteiger partial charge in [-0.3, -0.25) is 14.5 Å². The highest BCUT2D eigenvalue weighted by atomic mass is 35.5. The third-order valence-electron chi connectivity index (χ3n) is 5.72. The van der Waals surface area contributed by atoms with Crippen LogP contribution in [0.15, 0.2) is 42.6 Å². The molecule has 2 aromatic carbocycles. The zero-order valence-corrected chi connectivity index (χ0v) is 22.3. The summed E-state index contributed by atoms with van der Waals surface area (Å²) in [5.74, 6) is 0.355. The maximum atomic E-state index is 13.8. The molecule has 4 rings (SSSR count). The smallest absolute Gasteiger partial charge is 0.266 e. The minimum Gasteiger partial charge on any atom is -0.493 e. The largest absolute Gasteiger partial charge is 0.493 e. The molecule has 2 amide bonds. The molecule has 2 heterocycles. The second-order valence-corrected chi connectivity index (χ2v) is 9.78. The minimum atomic E-state index is -0.435. The number of rotatable bonds is 8. The second-order valence-electron chi connectivity index (χ2n) is 7.93. The summed E-state index contributed by atoms with van der Waals surface area (Å²) in [5.41, 5.74) is 0.702. The molecule has 1 aromatic heterocycles. The van der Waals surface area contributed by atoms with E-state index in [1.165, 1.54) is 31.4 Å². The van der Waals surface area contributed by atoms with E-state index in [1.807, 2.05) is 6.92 Å². The molecule has 0 unspecified atom stereocenters. The molecule has 0 saturated carbocycles. The van der Waals surface area contributed by atoms with Crippen molar-refractivity contribution in [1.82, 2.24) is 9.88 Å². The quantitative estimate of drug-likeness (QED) is 0.358. The highest BCUT2D eigenvalue weighted by molar-refractivity contribution is 7.17. The van der Waals surface area contributed by atoms with Crippen molar-refractivity contribution in [1.29, 1.82) is 0 Å². The SMILES string of the molecule is CCO[C@H]1CCN(C(=O)c2cnc(N(C(=O)c3ccc(Cl)cc3Cl)c3ccc(OC)c(OC)c3)s2)C1. The Hall–Kier alpha value is -2.85. The van der Waals surface area contributed by atoms with Gasteiger partial charge in [-0.1, -0.05) is 34.5 Å². The van der Waals surface area contributed by atoms with Gasteiger partial charge in [0, 0.05) is 30.8 Å². The highest BCUT2D eigenvalue weighted by Gasteiger charge is 2.31. The van der Waals surface area contributed by atoms with Crippen molar-refractivity contribution in [2.45, 2.75) is 19.4 Å². The average Bonchev–Trinajstić information content (AvgIpc) is 3.54. The Balaban J connectivity index is 1.71. The van der Waals surface area contributed by atoms with Gasteiger partial charge in [0.1, 0.15) is 4.88 Å². The van der Waals surface area contributed by atoms with Gasteiger partial charge < -0.3 is 19.1 Å². The summed E-state index contributed by atoms with van der Waals surface area (Å²) in [5, 5.41) is 0.916. The molecule has 36 heavy (non-hydrogen) atoms. The third-order valence-corrected chi connectivity index (χ3v) is 7.24. The topological polar surface area (TPSA) is 81.2 Å². The van der Waals surface area contributed by atoms with E-state index >= 15 is 0 Å². The molecular weight excluding hydrogens is 525 g/mol. The Morgan fingerprint density at radius 3 is 2.61 bits per heavy atom. The maximum absolute atomic E-state index is 13.8. The van der Waals surface area contributed by atoms with E-state index in [1.54, 1.807) is 35.2 Å². The first kappa shape index (κ1) is 26.2. The monoisotopic (exact) mass is 549 g/mol. The number of nitrogens with zero attached hydrogens (tertiary/aromatic N) is 3. The number of carbonyl (C=O) groups is 2. The summed E-state index contributed by atoms with van der Waals surface area (Å²) in [4.78, 5) is 34.9. The number of halogens is 2. The fraction of sp³-hybridized carbons (Fsp3) is 0.320. The molecule has 0 N–H and O–H groups in total. The van der Waals surface area contributed by atoms with Gasteiger partial charge in [0.2, 0.25) is 0 Å². The van der Waals surface area contributed by atoms with Crippen LogP contribution < -0.4 is 14.4 Å². The van der Waals surface area contributed by atoms with Crippen LogP contribution in [-0.4, -0.2) is 61.7 Å². The highest BCUT2D eigenvalue weighted by Crippen LogP contribution is 2.38. The summed E-state index contributed by atoms with van der Waals surface area (Å²) in [6.45, 7) is 3.67. The molecule has 11 heteroatoms. The minimum absolute atomic E-state index is 0.0308. The summed E-state index contributed by atoms with van der Waals surface area (Å²) in [6, 6.07) is 9.71. The molecule has 1 aliphatic rings. The zero-order chi connectivity index (χ0) is 25.8. The number of anilines is 2. The lowest BCUT2D eigenvalue weighted by atomic mass is 10.1. The lowest BCUT2D eigenvalue weighted by molar-refractivity contribution is 0.0600. The van der Waals surface area contributed by atoms with Crippen LogP contribution in [0.1, 0.15) is 33.4 Å². The summed E-state index contributed by atoms with van der Waals surface area (Å²) < 4.78 is 16.4. The molecule has 1 saturated heterocycles. The molecule has 0 spiro atoms. The number of benzene rings is 2. The van der Waals surface area contributed by atoms with E-state index in [0.29, 0.717) is 51.9 Å². The molecule has 190 valence electrons. The number of thiazole rings is 1. The summed E-state index contributed by atoms with van der Waals surface area (Å²) in [6.07, 6.45) is 2.31. The second kappa shape index (κ2) is 11.5. The standard InChI is InChI=1S/C25H25Cl2N3O5S/c1-4-35-17-9-10-29(14-17)24(32)22-13-28-25(36-22)30(16-6-8-20(33-2)21(12-16)34-3)23(31)18-7-5-15(26)11-19(18)27/h5-8,11-13,17H,4,9-10,14H2,1-3H3/t17-/m0/s1. The normalized spacial score (nSPS) is 15.1. The predicted octanol–water partition coefficient (Wildman–Crippen LogP) is 5.70. The number of hydrogen-bond donors (Lipinski definition) is 0. The third kappa shape index (κ3) is 5.44. The number of hydrogen-bond acceptors (Lipinski definition) is 7. The van der Waals surface area contributed by atoms with E-state index in [4.69, 9.17) is 37.4 Å². The van der Waals surface area contributed by atoms with Gasteiger partial charge >= 0.3 is 0 Å². The molecule has 0 bridgehead atoms. The molecule has 3 aromatic rings. The fourth-order valence-electron chi connectivity index (χ4n) is 3.97. The average molecular weight is 550 g/mol. The molecule has 0 radical (unpaired) electrons. The van der Waals surface area contributed by atoms with Gasteiger partial charge in [-0.15, -0.1) is 0 Å². The van der Waals surface area contributed by atoms with Crippen molar-refractivity contribution in [3.8, 4) is 11.5 Å². The number of likely N-dealkylation sites (tertiary alicyclic amines) is 1. The number of ether oxygens (including phenoxy) is 3. The van der Waals surface area contributed by atoms with Crippen LogP contribution in [0.2, 0.25) is 10.0 Å². The number of aromatic nitrogens is 1. The van der Waals surface area contributed by atoms with E-state index < -0.39 is 5.91 Å². The zero-order valence-electron chi connectivity index (χ0n) is 20.0. The lowest BCUT2D eigenvalue weighted by Crippen LogP contribution is -2.29. The fourth-order valence-corrected chi connectivity index (χ4v) is 5.36. The van der Waals surface area contributed by atoms with Gasteiger partial charge in [-0.25, -0.2) is 4.98 Å². The van der Waals surface area contributed by atoms with Crippen molar-refractivity contribution < 1.29 is 23.8 Å². The number of carbonyl (C=O) groups excluding carboxylic acids is 2. The van der Waals surface area contributed by atoms with Crippen molar-refractivity contribution in [2.24, 2.45) is 0 Å². The van der Waals surface area contributed by atoms with E-state index in [0.717, 1.165) is 17.8 Å². The van der Waals surface area contributed by atoms with Crippen LogP contribution in [0.4, 0.5) is 10.8 Å². The van der Waals surface area contributed by atoms with Gasteiger partial charge in [-0.05, 0) is 43.7 Å². The van der Waals surface area contributed by atoms with Crippen molar-refractivity contribution in [3.05, 3.63) is 63.1 Å². The Kier molecular flexibility index (Phi) is 8.35. The van der Waals surface area contributed by atoms with Gasteiger partial charge in [0.15, 0.2) is 16.6 Å². The molecule has 1 atom stereocenters. The Morgan fingerprint density at radius 1 is 1.14 bits per heavy atom. The molecular formula is C25H25Cl2N3O5S. The van der Waals surface area contributed by atoms with E-state index in [2.05, 4.69) is 4.98 Å². The van der Waals surface area contributed by atoms with Crippen molar-refractivity contribution in [2.75, 3.05) is 38.8 Å². The van der Waals surface area contributed by atoms with Gasteiger partial charge in [-0.2, -0.15) is 0 Å². The molecule has 1 fully saturated rings. The number of methoxy groups -OCH3 is 2. The molecule has 0 aliphatic carbocycles. The van der Waals surface area contributed by atoms with Crippen molar-refractivity contribution in [3.63, 3.8) is 0 Å². The first-order valence-electron chi connectivity index (χ1n) is 11.2. The lowest BCUT2D eigenvalue weighted by Gasteiger charge is -2.22. The van der Waals surface area contributed by atoms with Crippen LogP contribution in [0.5, 0.6) is 11.5 Å². The molecule has 8 nitrogen and oxygen atoms in total. The van der Waals surface area contributed by atoms with Crippen molar-refractivity contribution >= 4 is 57.2 Å². The van der Waals surface area contributed by atoms with E-state index in [9.17, 15) is 9.59 Å². The van der Waals surface area contributed by atoms with Gasteiger partial charge in [0.25, 0.3) is 11.8 Å². The van der Waals surface area contributed by atoms with Crippen LogP contribution in [-0.2, 0) is 4.74 Å². The van der Waals surface area contributed by atoms with Crippen LogP contribution in [0.3, 0.4) is 0 Å². The Labute approximate surface area is 223 Å². The van der Waals surface area contributed by atoms with Crippen LogP contribution in [0.25, 0.3) is 0 Å². The number of amides is 2. The predicted molar refractivity (Wildman–Crippen MR) is 141 cm³/mol. The van der Waals surface area contributed by atoms with Gasteiger partial charge in [0.05, 0.1) is 42.8 Å². The maximum Gasteiger partial charge on any atom is 0.266 e.